The van der Waals surface area contributed by atoms with Gasteiger partial charge in [0.15, 0.2) is 0 Å². The third-order valence-electron chi connectivity index (χ3n) is 2.04. The zero-order chi connectivity index (χ0) is 12.0. The van der Waals surface area contributed by atoms with Crippen LogP contribution in [0.3, 0.4) is 0 Å². The van der Waals surface area contributed by atoms with Crippen molar-refractivity contribution in [3.8, 4) is 5.75 Å². The summed E-state index contributed by atoms with van der Waals surface area (Å²) in [5.74, 6) is -0.377. The topological polar surface area (TPSA) is 49.3 Å². The van der Waals surface area contributed by atoms with Crippen molar-refractivity contribution in [2.75, 3.05) is 6.54 Å². The number of aromatic hydroxyl groups is 1. The first-order valence-electron chi connectivity index (χ1n) is 5.03. The van der Waals surface area contributed by atoms with Gasteiger partial charge in [0.2, 0.25) is 0 Å². The molecule has 0 saturated heterocycles. The summed E-state index contributed by atoms with van der Waals surface area (Å²) in [5, 5.41) is 12.6. The molecule has 1 aromatic carbocycles. The van der Waals surface area contributed by atoms with E-state index in [0.717, 1.165) is 6.42 Å². The Morgan fingerprint density at radius 3 is 3.00 bits per heavy atom. The summed E-state index contributed by atoms with van der Waals surface area (Å²) in [6, 6.07) is 4.39. The van der Waals surface area contributed by atoms with Crippen LogP contribution in [0.2, 0.25) is 5.02 Å². The van der Waals surface area contributed by atoms with Gasteiger partial charge in [-0.05, 0) is 31.5 Å². The number of benzene rings is 1. The van der Waals surface area contributed by atoms with E-state index < -0.39 is 0 Å². The lowest BCUT2D eigenvalue weighted by atomic mass is 10.2. The molecule has 1 aromatic rings. The molecule has 1 rings (SSSR count). The monoisotopic (exact) mass is 239 g/mol. The molecule has 0 spiro atoms. The summed E-state index contributed by atoms with van der Waals surface area (Å²) in [6.07, 6.45) is 4.64. The third-order valence-corrected chi connectivity index (χ3v) is 2.27. The maximum atomic E-state index is 11.6. The zero-order valence-electron chi connectivity index (χ0n) is 9.03. The number of rotatable bonds is 4. The summed E-state index contributed by atoms with van der Waals surface area (Å²) < 4.78 is 0. The molecule has 1 amide bonds. The highest BCUT2D eigenvalue weighted by atomic mass is 35.5. The Kier molecular flexibility index (Phi) is 4.86. The van der Waals surface area contributed by atoms with Crippen LogP contribution in [0.25, 0.3) is 0 Å². The number of hydrogen-bond acceptors (Lipinski definition) is 2. The first-order chi connectivity index (χ1) is 7.65. The second-order valence-electron chi connectivity index (χ2n) is 3.28. The molecule has 0 aliphatic heterocycles. The van der Waals surface area contributed by atoms with Crippen molar-refractivity contribution >= 4 is 17.5 Å². The summed E-state index contributed by atoms with van der Waals surface area (Å²) >= 11 is 5.74. The molecule has 16 heavy (non-hydrogen) atoms. The van der Waals surface area contributed by atoms with Crippen LogP contribution in [0.15, 0.2) is 30.4 Å². The molecule has 0 saturated carbocycles. The molecule has 86 valence electrons. The average Bonchev–Trinajstić information content (AvgIpc) is 2.27. The summed E-state index contributed by atoms with van der Waals surface area (Å²) in [7, 11) is 0. The Labute approximate surface area is 99.7 Å². The van der Waals surface area contributed by atoms with E-state index in [9.17, 15) is 9.90 Å². The molecule has 0 aromatic heterocycles. The van der Waals surface area contributed by atoms with Gasteiger partial charge in [-0.25, -0.2) is 0 Å². The fraction of sp³-hybridized carbons (Fsp3) is 0.250. The van der Waals surface area contributed by atoms with E-state index in [2.05, 4.69) is 5.32 Å². The Morgan fingerprint density at radius 1 is 1.56 bits per heavy atom. The Morgan fingerprint density at radius 2 is 2.31 bits per heavy atom. The van der Waals surface area contributed by atoms with Crippen molar-refractivity contribution in [1.29, 1.82) is 0 Å². The molecule has 0 radical (unpaired) electrons. The number of nitrogens with one attached hydrogen (secondary N) is 1. The smallest absolute Gasteiger partial charge is 0.255 e. The quantitative estimate of drug-likeness (QED) is 0.627. The highest BCUT2D eigenvalue weighted by Crippen LogP contribution is 2.21. The van der Waals surface area contributed by atoms with Gasteiger partial charge < -0.3 is 10.4 Å². The minimum absolute atomic E-state index is 0.0621. The van der Waals surface area contributed by atoms with E-state index in [1.54, 1.807) is 0 Å². The molecule has 0 aliphatic carbocycles. The van der Waals surface area contributed by atoms with Crippen LogP contribution < -0.4 is 5.32 Å². The third kappa shape index (κ3) is 3.59. The Balaban J connectivity index is 2.62. The van der Waals surface area contributed by atoms with Crippen LogP contribution in [0.5, 0.6) is 5.75 Å². The lowest BCUT2D eigenvalue weighted by Crippen LogP contribution is -2.24. The van der Waals surface area contributed by atoms with Crippen LogP contribution in [0.1, 0.15) is 23.7 Å². The van der Waals surface area contributed by atoms with Gasteiger partial charge in [0, 0.05) is 11.6 Å². The molecule has 4 heteroatoms. The predicted molar refractivity (Wildman–Crippen MR) is 64.9 cm³/mol. The van der Waals surface area contributed by atoms with Crippen LogP contribution in [0.4, 0.5) is 0 Å². The molecule has 0 atom stereocenters. The summed E-state index contributed by atoms with van der Waals surface area (Å²) in [4.78, 5) is 11.6. The van der Waals surface area contributed by atoms with Gasteiger partial charge in [-0.2, -0.15) is 0 Å². The van der Waals surface area contributed by atoms with Gasteiger partial charge in [0.1, 0.15) is 5.75 Å². The first-order valence-corrected chi connectivity index (χ1v) is 5.41. The molecule has 0 unspecified atom stereocenters. The fourth-order valence-electron chi connectivity index (χ4n) is 1.22. The van der Waals surface area contributed by atoms with Gasteiger partial charge in [-0.1, -0.05) is 23.8 Å². The van der Waals surface area contributed by atoms with Gasteiger partial charge in [-0.15, -0.1) is 0 Å². The molecule has 0 aliphatic rings. The molecular weight excluding hydrogens is 226 g/mol. The highest BCUT2D eigenvalue weighted by Gasteiger charge is 2.10. The summed E-state index contributed by atoms with van der Waals surface area (Å²) in [6.45, 7) is 2.46. The number of phenolic OH excluding ortho intramolecular Hbond substituents is 1. The lowest BCUT2D eigenvalue weighted by molar-refractivity contribution is 0.0951. The molecule has 0 fully saturated rings. The van der Waals surface area contributed by atoms with Crippen molar-refractivity contribution in [3.63, 3.8) is 0 Å². The van der Waals surface area contributed by atoms with Gasteiger partial charge in [-0.3, -0.25) is 4.79 Å². The fourth-order valence-corrected chi connectivity index (χ4v) is 1.39. The van der Waals surface area contributed by atoms with Gasteiger partial charge in [0.05, 0.1) is 5.56 Å². The lowest BCUT2D eigenvalue weighted by Gasteiger charge is -2.05. The standard InChI is InChI=1S/C12H14ClNO2/c1-2-3-4-7-14-12(16)10-8-9(13)5-6-11(10)15/h2-3,5-6,8,15H,4,7H2,1H3,(H,14,16)/b3-2+. The van der Waals surface area contributed by atoms with Gasteiger partial charge >= 0.3 is 0 Å². The second-order valence-corrected chi connectivity index (χ2v) is 3.71. The molecule has 3 nitrogen and oxygen atoms in total. The predicted octanol–water partition coefficient (Wildman–Crippen LogP) is 2.74. The Hall–Kier alpha value is -1.48. The van der Waals surface area contributed by atoms with Crippen LogP contribution >= 0.6 is 11.6 Å². The number of carbonyl (C=O) groups is 1. The molecule has 0 heterocycles. The van der Waals surface area contributed by atoms with E-state index >= 15 is 0 Å². The van der Waals surface area contributed by atoms with Crippen LogP contribution in [0, 0.1) is 0 Å². The van der Waals surface area contributed by atoms with E-state index in [1.807, 2.05) is 19.1 Å². The highest BCUT2D eigenvalue weighted by molar-refractivity contribution is 6.31. The van der Waals surface area contributed by atoms with Gasteiger partial charge in [0.25, 0.3) is 5.91 Å². The molecule has 0 bridgehead atoms. The minimum Gasteiger partial charge on any atom is -0.507 e. The summed E-state index contributed by atoms with van der Waals surface area (Å²) in [5.41, 5.74) is 0.202. The van der Waals surface area contributed by atoms with E-state index in [1.165, 1.54) is 18.2 Å². The molecule has 2 N–H and O–H groups in total. The second kappa shape index (κ2) is 6.18. The van der Waals surface area contributed by atoms with E-state index in [-0.39, 0.29) is 17.2 Å². The number of carbonyl (C=O) groups excluding carboxylic acids is 1. The maximum absolute atomic E-state index is 11.6. The number of halogens is 1. The molecular formula is C12H14ClNO2. The number of amides is 1. The number of hydrogen-bond donors (Lipinski definition) is 2. The first kappa shape index (κ1) is 12.6. The van der Waals surface area contributed by atoms with Crippen LogP contribution in [-0.4, -0.2) is 17.6 Å². The van der Waals surface area contributed by atoms with Crippen molar-refractivity contribution in [1.82, 2.24) is 5.32 Å². The van der Waals surface area contributed by atoms with Crippen molar-refractivity contribution < 1.29 is 9.90 Å². The van der Waals surface area contributed by atoms with Crippen LogP contribution in [-0.2, 0) is 0 Å². The average molecular weight is 240 g/mol. The maximum Gasteiger partial charge on any atom is 0.255 e. The zero-order valence-corrected chi connectivity index (χ0v) is 9.79. The van der Waals surface area contributed by atoms with E-state index in [4.69, 9.17) is 11.6 Å². The number of allylic oxidation sites excluding steroid dienone is 1. The normalized spacial score (nSPS) is 10.6. The number of phenols is 1. The Bertz CT molecular complexity index is 402. The van der Waals surface area contributed by atoms with E-state index in [0.29, 0.717) is 11.6 Å². The van der Waals surface area contributed by atoms with Crippen molar-refractivity contribution in [2.24, 2.45) is 0 Å². The van der Waals surface area contributed by atoms with Crippen molar-refractivity contribution in [2.45, 2.75) is 13.3 Å². The van der Waals surface area contributed by atoms with Crippen molar-refractivity contribution in [3.05, 3.63) is 40.9 Å². The largest absolute Gasteiger partial charge is 0.507 e. The minimum atomic E-state index is -0.315. The SMILES string of the molecule is C/C=C/CCNC(=O)c1cc(Cl)ccc1O.